The molecule has 1 fully saturated rings. The lowest BCUT2D eigenvalue weighted by atomic mass is 9.89. The van der Waals surface area contributed by atoms with Crippen LogP contribution in [0.3, 0.4) is 0 Å². The van der Waals surface area contributed by atoms with Crippen molar-refractivity contribution in [2.24, 2.45) is 11.8 Å². The SMILES string of the molecule is C[C@@H]1CCN(C(=O)NCCNC(=O)c2cccnc2)C[C@@H]1C. The Morgan fingerprint density at radius 1 is 1.27 bits per heavy atom. The molecule has 1 aliphatic heterocycles. The molecule has 0 bridgehead atoms. The van der Waals surface area contributed by atoms with E-state index >= 15 is 0 Å². The van der Waals surface area contributed by atoms with Crippen molar-refractivity contribution < 1.29 is 9.59 Å². The van der Waals surface area contributed by atoms with Crippen LogP contribution in [0.1, 0.15) is 30.6 Å². The van der Waals surface area contributed by atoms with Crippen LogP contribution < -0.4 is 10.6 Å². The molecule has 1 aliphatic rings. The molecule has 1 saturated heterocycles. The van der Waals surface area contributed by atoms with Crippen molar-refractivity contribution in [3.05, 3.63) is 30.1 Å². The number of hydrogen-bond donors (Lipinski definition) is 2. The molecule has 1 aromatic rings. The molecule has 120 valence electrons. The molecule has 0 saturated carbocycles. The summed E-state index contributed by atoms with van der Waals surface area (Å²) in [5, 5.41) is 5.61. The van der Waals surface area contributed by atoms with Crippen molar-refractivity contribution >= 4 is 11.9 Å². The van der Waals surface area contributed by atoms with Crippen molar-refractivity contribution in [1.29, 1.82) is 0 Å². The van der Waals surface area contributed by atoms with Gasteiger partial charge in [-0.25, -0.2) is 4.79 Å². The summed E-state index contributed by atoms with van der Waals surface area (Å²) in [5.41, 5.74) is 0.521. The Hall–Kier alpha value is -2.11. The van der Waals surface area contributed by atoms with E-state index in [9.17, 15) is 9.59 Å². The topological polar surface area (TPSA) is 74.3 Å². The highest BCUT2D eigenvalue weighted by Gasteiger charge is 2.25. The monoisotopic (exact) mass is 304 g/mol. The highest BCUT2D eigenvalue weighted by atomic mass is 16.2. The van der Waals surface area contributed by atoms with Gasteiger partial charge in [0.2, 0.25) is 0 Å². The van der Waals surface area contributed by atoms with Crippen molar-refractivity contribution in [3.63, 3.8) is 0 Å². The van der Waals surface area contributed by atoms with Crippen molar-refractivity contribution in [2.75, 3.05) is 26.2 Å². The number of urea groups is 1. The van der Waals surface area contributed by atoms with Gasteiger partial charge >= 0.3 is 6.03 Å². The Bertz CT molecular complexity index is 506. The van der Waals surface area contributed by atoms with E-state index in [-0.39, 0.29) is 11.9 Å². The zero-order valence-electron chi connectivity index (χ0n) is 13.2. The fourth-order valence-corrected chi connectivity index (χ4v) is 2.50. The molecule has 6 nitrogen and oxygen atoms in total. The Labute approximate surface area is 131 Å². The van der Waals surface area contributed by atoms with E-state index in [4.69, 9.17) is 0 Å². The lowest BCUT2D eigenvalue weighted by Crippen LogP contribution is -2.48. The summed E-state index contributed by atoms with van der Waals surface area (Å²) in [6.07, 6.45) is 4.19. The zero-order chi connectivity index (χ0) is 15.9. The van der Waals surface area contributed by atoms with Crippen LogP contribution in [0.25, 0.3) is 0 Å². The van der Waals surface area contributed by atoms with Gasteiger partial charge in [-0.2, -0.15) is 0 Å². The average Bonchev–Trinajstić information content (AvgIpc) is 2.54. The molecular weight excluding hydrogens is 280 g/mol. The van der Waals surface area contributed by atoms with Crippen molar-refractivity contribution in [1.82, 2.24) is 20.5 Å². The predicted octanol–water partition coefficient (Wildman–Crippen LogP) is 1.50. The van der Waals surface area contributed by atoms with Gasteiger partial charge in [-0.3, -0.25) is 9.78 Å². The number of hydrogen-bond acceptors (Lipinski definition) is 3. The summed E-state index contributed by atoms with van der Waals surface area (Å²) in [4.78, 5) is 29.6. The molecule has 2 rings (SSSR count). The minimum absolute atomic E-state index is 0.0469. The van der Waals surface area contributed by atoms with Crippen LogP contribution in [0, 0.1) is 11.8 Å². The summed E-state index contributed by atoms with van der Waals surface area (Å²) in [5.74, 6) is 1.02. The molecule has 2 atom stereocenters. The molecule has 6 heteroatoms. The average molecular weight is 304 g/mol. The molecule has 2 heterocycles. The van der Waals surface area contributed by atoms with Crippen LogP contribution in [0.5, 0.6) is 0 Å². The second-order valence-electron chi connectivity index (χ2n) is 5.92. The van der Waals surface area contributed by atoms with Crippen molar-refractivity contribution in [3.8, 4) is 0 Å². The van der Waals surface area contributed by atoms with E-state index in [1.165, 1.54) is 6.20 Å². The maximum atomic E-state index is 12.1. The number of likely N-dealkylation sites (tertiary alicyclic amines) is 1. The zero-order valence-corrected chi connectivity index (χ0v) is 13.2. The number of nitrogens with zero attached hydrogens (tertiary/aromatic N) is 2. The molecule has 3 amide bonds. The number of piperidine rings is 1. The molecule has 0 aliphatic carbocycles. The number of pyridine rings is 1. The molecule has 0 spiro atoms. The predicted molar refractivity (Wildman–Crippen MR) is 84.5 cm³/mol. The summed E-state index contributed by atoms with van der Waals surface area (Å²) >= 11 is 0. The Morgan fingerprint density at radius 2 is 2.05 bits per heavy atom. The first-order valence-electron chi connectivity index (χ1n) is 7.79. The second-order valence-corrected chi connectivity index (χ2v) is 5.92. The van der Waals surface area contributed by atoms with Crippen LogP contribution >= 0.6 is 0 Å². The van der Waals surface area contributed by atoms with E-state index < -0.39 is 0 Å². The van der Waals surface area contributed by atoms with E-state index in [0.29, 0.717) is 30.5 Å². The van der Waals surface area contributed by atoms with Gasteiger partial charge in [0.15, 0.2) is 0 Å². The fraction of sp³-hybridized carbons (Fsp3) is 0.562. The molecule has 2 N–H and O–H groups in total. The van der Waals surface area contributed by atoms with Crippen LogP contribution in [0.2, 0.25) is 0 Å². The first-order valence-corrected chi connectivity index (χ1v) is 7.79. The van der Waals surface area contributed by atoms with E-state index in [2.05, 4.69) is 29.5 Å². The van der Waals surface area contributed by atoms with Gasteiger partial charge in [-0.05, 0) is 30.4 Å². The largest absolute Gasteiger partial charge is 0.350 e. The number of nitrogens with one attached hydrogen (secondary N) is 2. The second kappa shape index (κ2) is 7.77. The fourth-order valence-electron chi connectivity index (χ4n) is 2.50. The summed E-state index contributed by atoms with van der Waals surface area (Å²) in [6.45, 7) is 6.84. The molecule has 0 unspecified atom stereocenters. The first kappa shape index (κ1) is 16.3. The van der Waals surface area contributed by atoms with Crippen LogP contribution in [0.15, 0.2) is 24.5 Å². The third-order valence-corrected chi connectivity index (χ3v) is 4.23. The van der Waals surface area contributed by atoms with Gasteiger partial charge in [0.25, 0.3) is 5.91 Å². The van der Waals surface area contributed by atoms with Gasteiger partial charge in [0.05, 0.1) is 5.56 Å². The smallest absolute Gasteiger partial charge is 0.317 e. The third-order valence-electron chi connectivity index (χ3n) is 4.23. The standard InChI is InChI=1S/C16H24N4O2/c1-12-5-9-20(11-13(12)2)16(22)19-8-7-18-15(21)14-4-3-6-17-10-14/h3-4,6,10,12-13H,5,7-9,11H2,1-2H3,(H,18,21)(H,19,22)/t12-,13+/m1/s1. The molecule has 0 radical (unpaired) electrons. The van der Waals surface area contributed by atoms with Gasteiger partial charge in [0.1, 0.15) is 0 Å². The lowest BCUT2D eigenvalue weighted by molar-refractivity contribution is 0.0952. The summed E-state index contributed by atoms with van der Waals surface area (Å²) in [7, 11) is 0. The van der Waals surface area contributed by atoms with Crippen molar-refractivity contribution in [2.45, 2.75) is 20.3 Å². The Morgan fingerprint density at radius 3 is 2.73 bits per heavy atom. The van der Waals surface area contributed by atoms with Crippen LogP contribution in [-0.4, -0.2) is 48.0 Å². The minimum Gasteiger partial charge on any atom is -0.350 e. The van der Waals surface area contributed by atoms with E-state index in [0.717, 1.165) is 19.5 Å². The maximum Gasteiger partial charge on any atom is 0.317 e. The van der Waals surface area contributed by atoms with E-state index in [1.807, 2.05) is 4.90 Å². The number of aromatic nitrogens is 1. The maximum absolute atomic E-state index is 12.1. The molecular formula is C16H24N4O2. The van der Waals surface area contributed by atoms with Crippen LogP contribution in [-0.2, 0) is 0 Å². The Kier molecular flexibility index (Phi) is 5.75. The third kappa shape index (κ3) is 4.44. The van der Waals surface area contributed by atoms with Crippen LogP contribution in [0.4, 0.5) is 4.79 Å². The number of rotatable bonds is 4. The highest BCUT2D eigenvalue weighted by Crippen LogP contribution is 2.22. The quantitative estimate of drug-likeness (QED) is 0.828. The number of carbonyl (C=O) groups excluding carboxylic acids is 2. The van der Waals surface area contributed by atoms with Gasteiger partial charge in [-0.15, -0.1) is 0 Å². The Balaban J connectivity index is 1.66. The first-order chi connectivity index (χ1) is 10.6. The number of carbonyl (C=O) groups is 2. The van der Waals surface area contributed by atoms with Gasteiger partial charge < -0.3 is 15.5 Å². The normalized spacial score (nSPS) is 21.3. The van der Waals surface area contributed by atoms with E-state index in [1.54, 1.807) is 18.3 Å². The summed E-state index contributed by atoms with van der Waals surface area (Å²) in [6, 6.07) is 3.38. The highest BCUT2D eigenvalue weighted by molar-refractivity contribution is 5.93. The molecule has 22 heavy (non-hydrogen) atoms. The lowest BCUT2D eigenvalue weighted by Gasteiger charge is -2.35. The van der Waals surface area contributed by atoms with Gasteiger partial charge in [0, 0.05) is 38.6 Å². The van der Waals surface area contributed by atoms with Gasteiger partial charge in [-0.1, -0.05) is 13.8 Å². The minimum atomic E-state index is -0.178. The summed E-state index contributed by atoms with van der Waals surface area (Å²) < 4.78 is 0. The molecule has 1 aromatic heterocycles. The number of amides is 3. The molecule has 0 aromatic carbocycles.